The van der Waals surface area contributed by atoms with Crippen LogP contribution in [0.2, 0.25) is 0 Å². The molecule has 0 rings (SSSR count). The monoisotopic (exact) mass is 389 g/mol. The van der Waals surface area contributed by atoms with Gasteiger partial charge < -0.3 is 13.9 Å². The van der Waals surface area contributed by atoms with Crippen molar-refractivity contribution in [1.29, 1.82) is 0 Å². The van der Waals surface area contributed by atoms with Crippen molar-refractivity contribution in [2.45, 2.75) is 37.0 Å². The zero-order chi connectivity index (χ0) is 18.7. The number of halogens is 10. The minimum atomic E-state index is -5.97. The molecule has 0 unspecified atom stereocenters. The van der Waals surface area contributed by atoms with Crippen LogP contribution in [-0.2, 0) is 13.6 Å². The SMILES string of the molecule is O=P([O-])(OCCC(F)(F)C(F)(F)F)OCCC(F)(F)C(F)(F)F. The average molecular weight is 389 g/mol. The minimum Gasteiger partial charge on any atom is -0.756 e. The number of hydrogen-bond donors (Lipinski definition) is 0. The lowest BCUT2D eigenvalue weighted by atomic mass is 10.2. The van der Waals surface area contributed by atoms with E-state index in [4.69, 9.17) is 0 Å². The van der Waals surface area contributed by atoms with E-state index in [0.29, 0.717) is 0 Å². The molecule has 0 amide bonds. The lowest BCUT2D eigenvalue weighted by Gasteiger charge is -2.26. The Labute approximate surface area is 122 Å². The average Bonchev–Trinajstić information content (AvgIpc) is 2.24. The number of rotatable bonds is 8. The molecule has 0 heterocycles. The maximum atomic E-state index is 12.4. The molecule has 0 radical (unpaired) electrons. The predicted octanol–water partition coefficient (Wildman–Crippen LogP) is 3.66. The van der Waals surface area contributed by atoms with Crippen LogP contribution in [-0.4, -0.2) is 37.4 Å². The van der Waals surface area contributed by atoms with E-state index in [0.717, 1.165) is 0 Å². The Morgan fingerprint density at radius 3 is 1.17 bits per heavy atom. The summed E-state index contributed by atoms with van der Waals surface area (Å²) in [6.45, 7) is -3.44. The van der Waals surface area contributed by atoms with E-state index in [1.165, 1.54) is 0 Å². The summed E-state index contributed by atoms with van der Waals surface area (Å²) in [6.07, 6.45) is -16.2. The van der Waals surface area contributed by atoms with Crippen LogP contribution in [0, 0.1) is 0 Å². The van der Waals surface area contributed by atoms with Gasteiger partial charge in [-0.15, -0.1) is 0 Å². The van der Waals surface area contributed by atoms with Crippen molar-refractivity contribution in [3.63, 3.8) is 0 Å². The zero-order valence-corrected chi connectivity index (χ0v) is 11.6. The van der Waals surface area contributed by atoms with E-state index in [1.54, 1.807) is 0 Å². The summed E-state index contributed by atoms with van der Waals surface area (Å²) in [5, 5.41) is 0. The van der Waals surface area contributed by atoms with Gasteiger partial charge in [0.2, 0.25) is 0 Å². The molecule has 140 valence electrons. The van der Waals surface area contributed by atoms with Crippen molar-refractivity contribution < 1.29 is 62.4 Å². The third-order valence-corrected chi connectivity index (χ3v) is 3.16. The van der Waals surface area contributed by atoms with Gasteiger partial charge in [0.1, 0.15) is 0 Å². The number of phosphoric ester groups is 1. The molecule has 0 saturated heterocycles. The van der Waals surface area contributed by atoms with E-state index in [1.807, 2.05) is 0 Å². The predicted molar refractivity (Wildman–Crippen MR) is 50.7 cm³/mol. The van der Waals surface area contributed by atoms with Crippen LogP contribution >= 0.6 is 7.82 Å². The van der Waals surface area contributed by atoms with Gasteiger partial charge in [0.15, 0.2) is 0 Å². The van der Waals surface area contributed by atoms with Crippen LogP contribution in [0.3, 0.4) is 0 Å². The molecule has 0 spiro atoms. The van der Waals surface area contributed by atoms with Crippen molar-refractivity contribution in [2.75, 3.05) is 13.2 Å². The molecule has 0 bridgehead atoms. The highest BCUT2D eigenvalue weighted by atomic mass is 31.2. The third-order valence-electron chi connectivity index (χ3n) is 2.16. The van der Waals surface area contributed by atoms with Gasteiger partial charge in [-0.1, -0.05) is 0 Å². The second kappa shape index (κ2) is 7.11. The number of alkyl halides is 10. The fourth-order valence-corrected chi connectivity index (χ4v) is 1.60. The Kier molecular flexibility index (Phi) is 6.93. The lowest BCUT2D eigenvalue weighted by Crippen LogP contribution is -2.38. The van der Waals surface area contributed by atoms with E-state index in [9.17, 15) is 53.4 Å². The Bertz CT molecular complexity index is 396. The van der Waals surface area contributed by atoms with Crippen LogP contribution in [0.5, 0.6) is 0 Å². The quantitative estimate of drug-likeness (QED) is 0.470. The molecule has 0 aromatic rings. The van der Waals surface area contributed by atoms with E-state index < -0.39 is 58.1 Å². The summed E-state index contributed by atoms with van der Waals surface area (Å²) in [6, 6.07) is 0. The third kappa shape index (κ3) is 7.23. The Morgan fingerprint density at radius 2 is 0.957 bits per heavy atom. The normalized spacial score (nSPS) is 15.1. The zero-order valence-electron chi connectivity index (χ0n) is 10.7. The van der Waals surface area contributed by atoms with Gasteiger partial charge in [-0.25, -0.2) is 0 Å². The highest BCUT2D eigenvalue weighted by molar-refractivity contribution is 7.45. The van der Waals surface area contributed by atoms with Crippen LogP contribution < -0.4 is 4.89 Å². The van der Waals surface area contributed by atoms with Gasteiger partial charge >= 0.3 is 24.2 Å². The maximum absolute atomic E-state index is 12.4. The first-order chi connectivity index (χ1) is 9.91. The van der Waals surface area contributed by atoms with Crippen molar-refractivity contribution in [3.8, 4) is 0 Å². The second-order valence-electron chi connectivity index (χ2n) is 4.02. The highest BCUT2D eigenvalue weighted by Crippen LogP contribution is 2.44. The van der Waals surface area contributed by atoms with Gasteiger partial charge in [-0.2, -0.15) is 43.9 Å². The molecule has 0 aliphatic carbocycles. The van der Waals surface area contributed by atoms with E-state index in [2.05, 4.69) is 9.05 Å². The second-order valence-corrected chi connectivity index (χ2v) is 5.43. The number of phosphoric acid groups is 1. The molecule has 0 saturated carbocycles. The highest BCUT2D eigenvalue weighted by Gasteiger charge is 2.57. The first kappa shape index (κ1) is 22.4. The number of hydrogen-bond acceptors (Lipinski definition) is 4. The largest absolute Gasteiger partial charge is 0.756 e. The first-order valence-corrected chi connectivity index (χ1v) is 6.87. The fourth-order valence-electron chi connectivity index (χ4n) is 0.892. The van der Waals surface area contributed by atoms with Gasteiger partial charge in [0.05, 0.1) is 13.2 Å². The van der Waals surface area contributed by atoms with Crippen molar-refractivity contribution in [2.24, 2.45) is 0 Å². The van der Waals surface area contributed by atoms with Crippen molar-refractivity contribution >= 4 is 7.82 Å². The first-order valence-electron chi connectivity index (χ1n) is 5.40. The molecule has 0 aliphatic rings. The molecule has 0 atom stereocenters. The molecular formula is C8H8F10O4P-. The van der Waals surface area contributed by atoms with Crippen LogP contribution in [0.1, 0.15) is 12.8 Å². The van der Waals surface area contributed by atoms with Crippen LogP contribution in [0.15, 0.2) is 0 Å². The Morgan fingerprint density at radius 1 is 0.696 bits per heavy atom. The van der Waals surface area contributed by atoms with Crippen LogP contribution in [0.4, 0.5) is 43.9 Å². The smallest absolute Gasteiger partial charge is 0.453 e. The molecule has 0 aliphatic heterocycles. The van der Waals surface area contributed by atoms with Gasteiger partial charge in [-0.05, 0) is 0 Å². The molecule has 0 fully saturated rings. The van der Waals surface area contributed by atoms with Crippen molar-refractivity contribution in [3.05, 3.63) is 0 Å². The molecule has 15 heteroatoms. The van der Waals surface area contributed by atoms with Crippen LogP contribution in [0.25, 0.3) is 0 Å². The standard InChI is InChI=1S/C8H9F10O4P/c9-5(10,7(13,14)15)1-3-21-23(19,20)22-4-2-6(11,12)8(16,17)18/h1-4H2,(H,19,20)/p-1. The summed E-state index contributed by atoms with van der Waals surface area (Å²) in [7, 11) is -5.62. The van der Waals surface area contributed by atoms with Crippen molar-refractivity contribution in [1.82, 2.24) is 0 Å². The molecule has 0 N–H and O–H groups in total. The van der Waals surface area contributed by atoms with Gasteiger partial charge in [0, 0.05) is 12.8 Å². The lowest BCUT2D eigenvalue weighted by molar-refractivity contribution is -0.290. The summed E-state index contributed by atoms with van der Waals surface area (Å²) < 4.78 is 138. The summed E-state index contributed by atoms with van der Waals surface area (Å²) in [4.78, 5) is 10.8. The summed E-state index contributed by atoms with van der Waals surface area (Å²) >= 11 is 0. The molecular weight excluding hydrogens is 381 g/mol. The molecule has 0 aromatic carbocycles. The van der Waals surface area contributed by atoms with Gasteiger partial charge in [0.25, 0.3) is 7.82 Å². The Hall–Kier alpha value is -0.590. The maximum Gasteiger partial charge on any atom is 0.453 e. The van der Waals surface area contributed by atoms with Gasteiger partial charge in [-0.3, -0.25) is 4.57 Å². The summed E-state index contributed by atoms with van der Waals surface area (Å²) in [5.41, 5.74) is 0. The minimum absolute atomic E-state index is 1.72. The van der Waals surface area contributed by atoms with E-state index >= 15 is 0 Å². The molecule has 4 nitrogen and oxygen atoms in total. The topological polar surface area (TPSA) is 58.6 Å². The summed E-state index contributed by atoms with van der Waals surface area (Å²) in [5.74, 6) is -10.6. The Balaban J connectivity index is 4.35. The molecule has 23 heavy (non-hydrogen) atoms. The van der Waals surface area contributed by atoms with E-state index in [-0.39, 0.29) is 0 Å². The fraction of sp³-hybridized carbons (Fsp3) is 1.00. The molecule has 0 aromatic heterocycles.